The summed E-state index contributed by atoms with van der Waals surface area (Å²) in [5.74, 6) is 0. The number of para-hydroxylation sites is 1. The predicted molar refractivity (Wildman–Crippen MR) is 124 cm³/mol. The minimum atomic E-state index is -0.927. The summed E-state index contributed by atoms with van der Waals surface area (Å²) in [4.78, 5) is 3.27. The van der Waals surface area contributed by atoms with Crippen LogP contribution in [0.1, 0.15) is 71.1 Å². The summed E-state index contributed by atoms with van der Waals surface area (Å²) in [5, 5.41) is 0. The lowest BCUT2D eigenvalue weighted by Gasteiger charge is -2.25. The summed E-state index contributed by atoms with van der Waals surface area (Å²) in [6.45, 7) is 3.30. The molecule has 1 unspecified atom stereocenters. The molecule has 0 amide bonds. The third-order valence-corrected chi connectivity index (χ3v) is 6.22. The normalized spacial score (nSPS) is 12.1. The Bertz CT molecular complexity index is 669. The van der Waals surface area contributed by atoms with E-state index in [0.29, 0.717) is 0 Å². The van der Waals surface area contributed by atoms with Crippen LogP contribution in [-0.4, -0.2) is 17.0 Å². The van der Waals surface area contributed by atoms with E-state index < -0.39 is 10.8 Å². The number of nitrogens with zero attached hydrogens (tertiary/aromatic N) is 1. The summed E-state index contributed by atoms with van der Waals surface area (Å²) in [6, 6.07) is 18.8. The zero-order valence-electron chi connectivity index (χ0n) is 17.7. The molecule has 0 aliphatic carbocycles. The first-order valence-corrected chi connectivity index (χ1v) is 12.5. The zero-order chi connectivity index (χ0) is 20.0. The molecule has 0 saturated heterocycles. The van der Waals surface area contributed by atoms with Crippen LogP contribution in [0.4, 0.5) is 11.4 Å². The molecular weight excluding hydrogens is 362 g/mol. The lowest BCUT2D eigenvalue weighted by molar-refractivity contribution is 0.557. The predicted octanol–water partition coefficient (Wildman–Crippen LogP) is 7.48. The maximum absolute atomic E-state index is 11.7. The highest BCUT2D eigenvalue weighted by Crippen LogP contribution is 2.26. The quantitative estimate of drug-likeness (QED) is 0.307. The standard InChI is InChI=1S/C25H37NOS/c1-3-4-5-6-7-8-9-10-11-15-22-26(23-16-13-12-14-17-23)24-18-20-25(21-19-24)28(2)27/h12-14,16-21H,3-11,15,22H2,1-2H3. The second kappa shape index (κ2) is 13.5. The molecule has 28 heavy (non-hydrogen) atoms. The largest absolute Gasteiger partial charge is 0.341 e. The average Bonchev–Trinajstić information content (AvgIpc) is 2.73. The van der Waals surface area contributed by atoms with Gasteiger partial charge < -0.3 is 4.90 Å². The molecule has 0 heterocycles. The fourth-order valence-corrected chi connectivity index (χ4v) is 4.11. The molecule has 1 atom stereocenters. The molecule has 0 N–H and O–H groups in total. The van der Waals surface area contributed by atoms with Crippen molar-refractivity contribution < 1.29 is 4.21 Å². The molecule has 0 aliphatic rings. The van der Waals surface area contributed by atoms with Gasteiger partial charge in [-0.15, -0.1) is 0 Å². The van der Waals surface area contributed by atoms with Gasteiger partial charge in [0.1, 0.15) is 0 Å². The summed E-state index contributed by atoms with van der Waals surface area (Å²) in [5.41, 5.74) is 2.40. The van der Waals surface area contributed by atoms with Gasteiger partial charge in [-0.05, 0) is 42.8 Å². The third kappa shape index (κ3) is 8.18. The molecule has 2 aromatic carbocycles. The molecule has 2 aromatic rings. The first-order chi connectivity index (χ1) is 13.7. The van der Waals surface area contributed by atoms with Crippen LogP contribution in [0.25, 0.3) is 0 Å². The van der Waals surface area contributed by atoms with Crippen molar-refractivity contribution >= 4 is 22.2 Å². The summed E-state index contributed by atoms with van der Waals surface area (Å²) in [6.07, 6.45) is 15.3. The molecule has 0 spiro atoms. The molecule has 0 radical (unpaired) electrons. The van der Waals surface area contributed by atoms with Gasteiger partial charge in [-0.3, -0.25) is 4.21 Å². The summed E-state index contributed by atoms with van der Waals surface area (Å²) in [7, 11) is -0.927. The molecule has 0 aromatic heterocycles. The molecule has 154 valence electrons. The summed E-state index contributed by atoms with van der Waals surface area (Å²) < 4.78 is 11.7. The second-order valence-electron chi connectivity index (χ2n) is 7.62. The maximum Gasteiger partial charge on any atom is 0.0498 e. The topological polar surface area (TPSA) is 20.3 Å². The second-order valence-corrected chi connectivity index (χ2v) is 9.00. The summed E-state index contributed by atoms with van der Waals surface area (Å²) >= 11 is 0. The Morgan fingerprint density at radius 3 is 1.71 bits per heavy atom. The first kappa shape index (κ1) is 22.7. The number of benzene rings is 2. The SMILES string of the molecule is CCCCCCCCCCCCN(c1ccccc1)c1ccc(S(C)=O)cc1. The van der Waals surface area contributed by atoms with Crippen molar-refractivity contribution in [2.75, 3.05) is 17.7 Å². The third-order valence-electron chi connectivity index (χ3n) is 5.28. The highest BCUT2D eigenvalue weighted by molar-refractivity contribution is 7.84. The number of hydrogen-bond donors (Lipinski definition) is 0. The highest BCUT2D eigenvalue weighted by atomic mass is 32.2. The molecule has 3 heteroatoms. The van der Waals surface area contributed by atoms with Crippen molar-refractivity contribution in [3.63, 3.8) is 0 Å². The van der Waals surface area contributed by atoms with Crippen LogP contribution in [0.3, 0.4) is 0 Å². The van der Waals surface area contributed by atoms with Crippen molar-refractivity contribution in [2.45, 2.75) is 76.0 Å². The molecular formula is C25H37NOS. The van der Waals surface area contributed by atoms with Gasteiger partial charge in [0.25, 0.3) is 0 Å². The molecule has 0 aliphatic heterocycles. The smallest absolute Gasteiger partial charge is 0.0498 e. The minimum Gasteiger partial charge on any atom is -0.341 e. The first-order valence-electron chi connectivity index (χ1n) is 11.0. The lowest BCUT2D eigenvalue weighted by atomic mass is 10.1. The van der Waals surface area contributed by atoms with Crippen molar-refractivity contribution in [1.29, 1.82) is 0 Å². The van der Waals surface area contributed by atoms with Gasteiger partial charge in [-0.25, -0.2) is 0 Å². The van der Waals surface area contributed by atoms with E-state index in [1.165, 1.54) is 75.6 Å². The van der Waals surface area contributed by atoms with E-state index in [1.807, 2.05) is 12.1 Å². The molecule has 0 fully saturated rings. The van der Waals surface area contributed by atoms with E-state index >= 15 is 0 Å². The van der Waals surface area contributed by atoms with E-state index in [4.69, 9.17) is 0 Å². The monoisotopic (exact) mass is 399 g/mol. The van der Waals surface area contributed by atoms with Gasteiger partial charge in [0.05, 0.1) is 0 Å². The molecule has 2 rings (SSSR count). The minimum absolute atomic E-state index is 0.885. The van der Waals surface area contributed by atoms with Crippen LogP contribution in [-0.2, 0) is 10.8 Å². The van der Waals surface area contributed by atoms with Gasteiger partial charge in [-0.1, -0.05) is 82.9 Å². The van der Waals surface area contributed by atoms with Crippen molar-refractivity contribution in [2.24, 2.45) is 0 Å². The molecule has 0 bridgehead atoms. The van der Waals surface area contributed by atoms with Crippen LogP contribution in [0.5, 0.6) is 0 Å². The Morgan fingerprint density at radius 1 is 0.679 bits per heavy atom. The maximum atomic E-state index is 11.7. The fourth-order valence-electron chi connectivity index (χ4n) is 3.59. The number of rotatable bonds is 14. The Morgan fingerprint density at radius 2 is 1.18 bits per heavy atom. The number of anilines is 2. The highest BCUT2D eigenvalue weighted by Gasteiger charge is 2.09. The van der Waals surface area contributed by atoms with E-state index in [-0.39, 0.29) is 0 Å². The van der Waals surface area contributed by atoms with Crippen LogP contribution in [0, 0.1) is 0 Å². The van der Waals surface area contributed by atoms with Gasteiger partial charge in [-0.2, -0.15) is 0 Å². The van der Waals surface area contributed by atoms with Crippen LogP contribution in [0.15, 0.2) is 59.5 Å². The van der Waals surface area contributed by atoms with Gasteiger partial charge in [0.2, 0.25) is 0 Å². The Balaban J connectivity index is 1.80. The van der Waals surface area contributed by atoms with Gasteiger partial charge >= 0.3 is 0 Å². The Hall–Kier alpha value is -1.61. The Labute approximate surface area is 174 Å². The van der Waals surface area contributed by atoms with E-state index in [2.05, 4.69) is 54.3 Å². The van der Waals surface area contributed by atoms with Crippen molar-refractivity contribution in [3.05, 3.63) is 54.6 Å². The van der Waals surface area contributed by atoms with Crippen molar-refractivity contribution in [1.82, 2.24) is 0 Å². The fraction of sp³-hybridized carbons (Fsp3) is 0.520. The van der Waals surface area contributed by atoms with Crippen LogP contribution >= 0.6 is 0 Å². The average molecular weight is 400 g/mol. The van der Waals surface area contributed by atoms with Crippen LogP contribution in [0.2, 0.25) is 0 Å². The van der Waals surface area contributed by atoms with E-state index in [9.17, 15) is 4.21 Å². The molecule has 2 nitrogen and oxygen atoms in total. The molecule has 0 saturated carbocycles. The van der Waals surface area contributed by atoms with Crippen LogP contribution < -0.4 is 4.90 Å². The number of hydrogen-bond acceptors (Lipinski definition) is 2. The van der Waals surface area contributed by atoms with E-state index in [1.54, 1.807) is 6.26 Å². The van der Waals surface area contributed by atoms with Gasteiger partial charge in [0.15, 0.2) is 0 Å². The lowest BCUT2D eigenvalue weighted by Crippen LogP contribution is -2.18. The van der Waals surface area contributed by atoms with E-state index in [0.717, 1.165) is 11.4 Å². The zero-order valence-corrected chi connectivity index (χ0v) is 18.6. The van der Waals surface area contributed by atoms with Gasteiger partial charge in [0, 0.05) is 39.9 Å². The number of unbranched alkanes of at least 4 members (excludes halogenated alkanes) is 9. The Kier molecular flexibility index (Phi) is 11.0. The van der Waals surface area contributed by atoms with Crippen molar-refractivity contribution in [3.8, 4) is 0 Å².